The largest absolute Gasteiger partial charge is 0.382 e. The first kappa shape index (κ1) is 12.1. The molecular formula is C9H18N4O2. The van der Waals surface area contributed by atoms with Gasteiger partial charge in [-0.25, -0.2) is 4.98 Å². The molecule has 1 heterocycles. The van der Waals surface area contributed by atoms with Gasteiger partial charge in [0, 0.05) is 20.0 Å². The Morgan fingerprint density at radius 1 is 1.27 bits per heavy atom. The SMILES string of the molecule is COCCOCCc1n[nH]c(CCN)n1. The van der Waals surface area contributed by atoms with E-state index in [1.165, 1.54) is 0 Å². The fourth-order valence-corrected chi connectivity index (χ4v) is 1.10. The number of aromatic amines is 1. The van der Waals surface area contributed by atoms with E-state index in [1.807, 2.05) is 0 Å². The van der Waals surface area contributed by atoms with E-state index in [0.717, 1.165) is 18.1 Å². The Kier molecular flexibility index (Phi) is 5.91. The maximum atomic E-state index is 5.40. The highest BCUT2D eigenvalue weighted by Crippen LogP contribution is 1.94. The van der Waals surface area contributed by atoms with E-state index in [4.69, 9.17) is 15.2 Å². The zero-order valence-corrected chi connectivity index (χ0v) is 9.03. The number of methoxy groups -OCH3 is 1. The van der Waals surface area contributed by atoms with E-state index < -0.39 is 0 Å². The van der Waals surface area contributed by atoms with Crippen molar-refractivity contribution in [3.63, 3.8) is 0 Å². The number of nitrogens with one attached hydrogen (secondary N) is 1. The average Bonchev–Trinajstić information content (AvgIpc) is 2.66. The molecule has 0 atom stereocenters. The number of ether oxygens (including phenoxy) is 2. The minimum atomic E-state index is 0.582. The first-order valence-electron chi connectivity index (χ1n) is 5.03. The molecule has 0 fully saturated rings. The van der Waals surface area contributed by atoms with Gasteiger partial charge in [0.15, 0.2) is 5.82 Å². The maximum absolute atomic E-state index is 5.40. The van der Waals surface area contributed by atoms with Crippen LogP contribution in [0.5, 0.6) is 0 Å². The van der Waals surface area contributed by atoms with Crippen molar-refractivity contribution in [2.75, 3.05) is 33.5 Å². The Hall–Kier alpha value is -0.980. The standard InChI is InChI=1S/C9H18N4O2/c1-14-6-7-15-5-3-9-11-8(2-4-10)12-13-9/h2-7,10H2,1H3,(H,11,12,13). The smallest absolute Gasteiger partial charge is 0.152 e. The third-order valence-electron chi connectivity index (χ3n) is 1.86. The Morgan fingerprint density at radius 2 is 2.13 bits per heavy atom. The van der Waals surface area contributed by atoms with Crippen LogP contribution in [0.2, 0.25) is 0 Å². The summed E-state index contributed by atoms with van der Waals surface area (Å²) >= 11 is 0. The highest BCUT2D eigenvalue weighted by Gasteiger charge is 2.01. The average molecular weight is 214 g/mol. The number of nitrogens with zero attached hydrogens (tertiary/aromatic N) is 2. The van der Waals surface area contributed by atoms with Crippen molar-refractivity contribution in [3.05, 3.63) is 11.6 Å². The van der Waals surface area contributed by atoms with Crippen LogP contribution in [0.1, 0.15) is 11.6 Å². The van der Waals surface area contributed by atoms with Gasteiger partial charge in [-0.1, -0.05) is 0 Å². The molecule has 3 N–H and O–H groups in total. The van der Waals surface area contributed by atoms with E-state index in [2.05, 4.69) is 15.2 Å². The number of hydrogen-bond acceptors (Lipinski definition) is 5. The van der Waals surface area contributed by atoms with Crippen LogP contribution >= 0.6 is 0 Å². The summed E-state index contributed by atoms with van der Waals surface area (Å²) in [6, 6.07) is 0. The lowest BCUT2D eigenvalue weighted by atomic mass is 10.4. The van der Waals surface area contributed by atoms with Crippen LogP contribution in [-0.4, -0.2) is 48.7 Å². The number of H-pyrrole nitrogens is 1. The van der Waals surface area contributed by atoms with Gasteiger partial charge in [-0.3, -0.25) is 5.10 Å². The fraction of sp³-hybridized carbons (Fsp3) is 0.778. The van der Waals surface area contributed by atoms with Crippen molar-refractivity contribution in [1.82, 2.24) is 15.2 Å². The van der Waals surface area contributed by atoms with Crippen LogP contribution in [0.25, 0.3) is 0 Å². The second-order valence-electron chi connectivity index (χ2n) is 3.09. The fourth-order valence-electron chi connectivity index (χ4n) is 1.10. The van der Waals surface area contributed by atoms with Crippen molar-refractivity contribution in [2.24, 2.45) is 5.73 Å². The molecule has 1 rings (SSSR count). The van der Waals surface area contributed by atoms with Crippen LogP contribution in [0, 0.1) is 0 Å². The van der Waals surface area contributed by atoms with Crippen LogP contribution in [0.4, 0.5) is 0 Å². The summed E-state index contributed by atoms with van der Waals surface area (Å²) < 4.78 is 10.2. The molecule has 0 aliphatic heterocycles. The molecule has 6 heteroatoms. The number of rotatable bonds is 8. The van der Waals surface area contributed by atoms with Gasteiger partial charge in [-0.15, -0.1) is 0 Å². The summed E-state index contributed by atoms with van der Waals surface area (Å²) in [5.41, 5.74) is 5.40. The summed E-state index contributed by atoms with van der Waals surface area (Å²) in [5.74, 6) is 1.61. The molecule has 0 saturated carbocycles. The zero-order valence-electron chi connectivity index (χ0n) is 9.03. The Bertz CT molecular complexity index is 264. The second kappa shape index (κ2) is 7.33. The van der Waals surface area contributed by atoms with Crippen LogP contribution < -0.4 is 5.73 Å². The predicted molar refractivity (Wildman–Crippen MR) is 55.5 cm³/mol. The second-order valence-corrected chi connectivity index (χ2v) is 3.09. The van der Waals surface area contributed by atoms with E-state index in [0.29, 0.717) is 32.8 Å². The molecule has 15 heavy (non-hydrogen) atoms. The molecule has 1 aromatic heterocycles. The van der Waals surface area contributed by atoms with Gasteiger partial charge >= 0.3 is 0 Å². The van der Waals surface area contributed by atoms with Gasteiger partial charge in [-0.2, -0.15) is 5.10 Å². The van der Waals surface area contributed by atoms with Crippen molar-refractivity contribution in [2.45, 2.75) is 12.8 Å². The lowest BCUT2D eigenvalue weighted by Crippen LogP contribution is -2.06. The number of aromatic nitrogens is 3. The predicted octanol–water partition coefficient (Wildman–Crippen LogP) is -0.489. The van der Waals surface area contributed by atoms with E-state index >= 15 is 0 Å². The molecule has 0 bridgehead atoms. The van der Waals surface area contributed by atoms with Crippen LogP contribution in [-0.2, 0) is 22.3 Å². The Morgan fingerprint density at radius 3 is 2.87 bits per heavy atom. The van der Waals surface area contributed by atoms with Gasteiger partial charge in [0.05, 0.1) is 19.8 Å². The Balaban J connectivity index is 2.14. The molecular weight excluding hydrogens is 196 g/mol. The minimum absolute atomic E-state index is 0.582. The van der Waals surface area contributed by atoms with Crippen molar-refractivity contribution >= 4 is 0 Å². The molecule has 0 spiro atoms. The van der Waals surface area contributed by atoms with Crippen LogP contribution in [0.3, 0.4) is 0 Å². The van der Waals surface area contributed by atoms with E-state index in [-0.39, 0.29) is 0 Å². The molecule has 0 unspecified atom stereocenters. The molecule has 0 aromatic carbocycles. The topological polar surface area (TPSA) is 86.0 Å². The number of hydrogen-bond donors (Lipinski definition) is 2. The summed E-state index contributed by atoms with van der Waals surface area (Å²) in [5, 5.41) is 6.89. The lowest BCUT2D eigenvalue weighted by molar-refractivity contribution is 0.0716. The summed E-state index contributed by atoms with van der Waals surface area (Å²) in [4.78, 5) is 4.26. The highest BCUT2D eigenvalue weighted by molar-refractivity contribution is 4.90. The van der Waals surface area contributed by atoms with Crippen molar-refractivity contribution in [3.8, 4) is 0 Å². The maximum Gasteiger partial charge on any atom is 0.152 e. The summed E-state index contributed by atoms with van der Waals surface area (Å²) in [6.45, 7) is 2.42. The van der Waals surface area contributed by atoms with Gasteiger partial charge in [-0.05, 0) is 6.54 Å². The highest BCUT2D eigenvalue weighted by atomic mass is 16.5. The summed E-state index contributed by atoms with van der Waals surface area (Å²) in [6.07, 6.45) is 1.45. The van der Waals surface area contributed by atoms with Crippen LogP contribution in [0.15, 0.2) is 0 Å². The molecule has 1 aromatic rings. The zero-order chi connectivity index (χ0) is 10.9. The van der Waals surface area contributed by atoms with Gasteiger partial charge in [0.1, 0.15) is 5.82 Å². The first-order valence-corrected chi connectivity index (χ1v) is 5.03. The molecule has 0 amide bonds. The van der Waals surface area contributed by atoms with Gasteiger partial charge in [0.25, 0.3) is 0 Å². The molecule has 0 saturated heterocycles. The van der Waals surface area contributed by atoms with Crippen molar-refractivity contribution < 1.29 is 9.47 Å². The first-order chi connectivity index (χ1) is 7.36. The monoisotopic (exact) mass is 214 g/mol. The normalized spacial score (nSPS) is 10.8. The third-order valence-corrected chi connectivity index (χ3v) is 1.86. The number of nitrogens with two attached hydrogens (primary N) is 1. The molecule has 0 aliphatic carbocycles. The molecule has 6 nitrogen and oxygen atoms in total. The van der Waals surface area contributed by atoms with Gasteiger partial charge < -0.3 is 15.2 Å². The molecule has 0 aliphatic rings. The molecule has 0 radical (unpaired) electrons. The quantitative estimate of drug-likeness (QED) is 0.570. The van der Waals surface area contributed by atoms with Gasteiger partial charge in [0.2, 0.25) is 0 Å². The van der Waals surface area contributed by atoms with Crippen molar-refractivity contribution in [1.29, 1.82) is 0 Å². The summed E-state index contributed by atoms with van der Waals surface area (Å²) in [7, 11) is 1.65. The van der Waals surface area contributed by atoms with E-state index in [1.54, 1.807) is 7.11 Å². The Labute approximate surface area is 89.2 Å². The lowest BCUT2D eigenvalue weighted by Gasteiger charge is -2.00. The third kappa shape index (κ3) is 4.87. The minimum Gasteiger partial charge on any atom is -0.382 e. The van der Waals surface area contributed by atoms with E-state index in [9.17, 15) is 0 Å². The molecule has 86 valence electrons.